The van der Waals surface area contributed by atoms with E-state index in [9.17, 15) is 4.79 Å². The fourth-order valence-corrected chi connectivity index (χ4v) is 4.44. The lowest BCUT2D eigenvalue weighted by molar-refractivity contribution is 0.137. The van der Waals surface area contributed by atoms with Crippen LogP contribution in [0.5, 0.6) is 0 Å². The minimum absolute atomic E-state index is 0.0805. The van der Waals surface area contributed by atoms with Gasteiger partial charge >= 0.3 is 6.03 Å². The minimum Gasteiger partial charge on any atom is -0.370 e. The molecule has 4 unspecified atom stereocenters. The molecule has 37 heavy (non-hydrogen) atoms. The molecule has 1 fully saturated rings. The fraction of sp³-hybridized carbons (Fsp3) is 0.833. The monoisotopic (exact) mass is 541 g/mol. The third-order valence-electron chi connectivity index (χ3n) is 6.29. The van der Waals surface area contributed by atoms with Crippen molar-refractivity contribution in [2.24, 2.45) is 41.1 Å². The highest BCUT2D eigenvalue weighted by atomic mass is 32.1. The number of carbonyl (C=O) groups is 1. The van der Waals surface area contributed by atoms with Gasteiger partial charge in [-0.15, -0.1) is 0 Å². The van der Waals surface area contributed by atoms with Crippen molar-refractivity contribution in [2.45, 2.75) is 47.0 Å². The first-order chi connectivity index (χ1) is 17.4. The van der Waals surface area contributed by atoms with E-state index in [1.165, 1.54) is 12.8 Å². The molecule has 214 valence electrons. The highest BCUT2D eigenvalue weighted by Crippen LogP contribution is 2.27. The van der Waals surface area contributed by atoms with Gasteiger partial charge in [0.15, 0.2) is 17.9 Å². The van der Waals surface area contributed by atoms with Gasteiger partial charge in [0.1, 0.15) is 0 Å². The van der Waals surface area contributed by atoms with Crippen LogP contribution in [-0.4, -0.2) is 85.4 Å². The summed E-state index contributed by atoms with van der Waals surface area (Å²) in [6.45, 7) is 12.5. The van der Waals surface area contributed by atoms with Crippen molar-refractivity contribution >= 4 is 36.5 Å². The summed E-state index contributed by atoms with van der Waals surface area (Å²) >= 11 is 4.42. The van der Waals surface area contributed by atoms with E-state index in [0.29, 0.717) is 51.1 Å². The predicted molar refractivity (Wildman–Crippen MR) is 155 cm³/mol. The van der Waals surface area contributed by atoms with Crippen LogP contribution >= 0.6 is 12.6 Å². The second-order valence-electron chi connectivity index (χ2n) is 10.9. The average Bonchev–Trinajstić information content (AvgIpc) is 3.65. The number of nitrogens with one attached hydrogen (secondary N) is 7. The van der Waals surface area contributed by atoms with Crippen molar-refractivity contribution in [2.75, 3.05) is 51.7 Å². The normalized spacial score (nSPS) is 16.0. The molecule has 0 aliphatic heterocycles. The van der Waals surface area contributed by atoms with Crippen LogP contribution in [0.25, 0.3) is 0 Å². The highest BCUT2D eigenvalue weighted by Gasteiger charge is 2.26. The second-order valence-corrected chi connectivity index (χ2v) is 11.2. The number of hydrogen-bond acceptors (Lipinski definition) is 5. The summed E-state index contributed by atoms with van der Waals surface area (Å²) in [6, 6.07) is -0.0805. The fourth-order valence-electron chi connectivity index (χ4n) is 4.21. The molecule has 1 aliphatic rings. The Morgan fingerprint density at radius 1 is 0.811 bits per heavy atom. The molecule has 0 bridgehead atoms. The van der Waals surface area contributed by atoms with Crippen molar-refractivity contribution in [1.29, 1.82) is 16.2 Å². The topological polar surface area (TPSA) is 195 Å². The first kappa shape index (κ1) is 32.5. The summed E-state index contributed by atoms with van der Waals surface area (Å²) in [5.74, 6) is 1.99. The molecule has 2 amide bonds. The molecule has 12 nitrogen and oxygen atoms in total. The lowest BCUT2D eigenvalue weighted by atomic mass is 9.96. The second kappa shape index (κ2) is 17.0. The van der Waals surface area contributed by atoms with Gasteiger partial charge in [-0.05, 0) is 48.9 Å². The van der Waals surface area contributed by atoms with Crippen molar-refractivity contribution in [3.63, 3.8) is 0 Å². The molecule has 0 aromatic rings. The molecule has 0 radical (unpaired) electrons. The molecule has 1 rings (SSSR count). The van der Waals surface area contributed by atoms with Crippen molar-refractivity contribution < 1.29 is 4.79 Å². The van der Waals surface area contributed by atoms with E-state index in [1.54, 1.807) is 4.90 Å². The zero-order chi connectivity index (χ0) is 28.0. The van der Waals surface area contributed by atoms with Crippen LogP contribution in [0.2, 0.25) is 0 Å². The van der Waals surface area contributed by atoms with Crippen LogP contribution in [0, 0.1) is 45.8 Å². The maximum atomic E-state index is 13.6. The van der Waals surface area contributed by atoms with Gasteiger partial charge in [0.2, 0.25) is 0 Å². The van der Waals surface area contributed by atoms with E-state index in [-0.39, 0.29) is 41.6 Å². The van der Waals surface area contributed by atoms with E-state index in [4.69, 9.17) is 27.7 Å². The lowest BCUT2D eigenvalue weighted by Gasteiger charge is -2.35. The zero-order valence-electron chi connectivity index (χ0n) is 23.1. The van der Waals surface area contributed by atoms with Crippen LogP contribution in [0.3, 0.4) is 0 Å². The Kier molecular flexibility index (Phi) is 14.9. The number of hydrogen-bond donors (Lipinski definition) is 10. The Morgan fingerprint density at radius 2 is 1.30 bits per heavy atom. The first-order valence-corrected chi connectivity index (χ1v) is 13.9. The smallest absolute Gasteiger partial charge is 0.320 e. The largest absolute Gasteiger partial charge is 0.370 e. The molecule has 0 aromatic carbocycles. The number of amides is 2. The van der Waals surface area contributed by atoms with Gasteiger partial charge < -0.3 is 42.5 Å². The molecule has 0 heterocycles. The van der Waals surface area contributed by atoms with Crippen LogP contribution < -0.4 is 32.7 Å². The van der Waals surface area contributed by atoms with E-state index in [0.717, 1.165) is 18.9 Å². The average molecular weight is 542 g/mol. The van der Waals surface area contributed by atoms with Gasteiger partial charge in [-0.2, -0.15) is 12.6 Å². The number of guanidine groups is 3. The van der Waals surface area contributed by atoms with E-state index < -0.39 is 0 Å². The summed E-state index contributed by atoms with van der Waals surface area (Å²) < 4.78 is 0. The zero-order valence-corrected chi connectivity index (χ0v) is 24.0. The third-order valence-corrected chi connectivity index (χ3v) is 6.63. The van der Waals surface area contributed by atoms with Crippen molar-refractivity contribution in [3.8, 4) is 0 Å². The number of thiol groups is 1. The van der Waals surface area contributed by atoms with Gasteiger partial charge in [0.05, 0.1) is 5.88 Å². The quantitative estimate of drug-likeness (QED) is 0.0561. The summed E-state index contributed by atoms with van der Waals surface area (Å²) in [4.78, 5) is 17.2. The molecule has 13 heteroatoms. The standard InChI is InChI=1S/C24H51N11OS/c1-16(8-32-23(29)33-11-20-5-6-20)7-17(2)12-34(13-18(3)9-30-21(25)26)24(36)35(15-37)14-19(4)10-31-22(27)28/h16-20,37H,5-15H2,1-4H3,(H4,25,26,30)(H4,27,28,31)(H3,29,32,33). The van der Waals surface area contributed by atoms with Crippen molar-refractivity contribution in [3.05, 3.63) is 0 Å². The predicted octanol–water partition coefficient (Wildman–Crippen LogP) is 1.02. The summed E-state index contributed by atoms with van der Waals surface area (Å²) in [5, 5.41) is 34.8. The highest BCUT2D eigenvalue weighted by molar-refractivity contribution is 7.80. The third kappa shape index (κ3) is 15.3. The summed E-state index contributed by atoms with van der Waals surface area (Å²) in [6.07, 6.45) is 3.42. The first-order valence-electron chi connectivity index (χ1n) is 13.3. The van der Waals surface area contributed by atoms with Gasteiger partial charge in [0, 0.05) is 45.8 Å². The Balaban J connectivity index is 2.70. The van der Waals surface area contributed by atoms with Crippen LogP contribution in [0.1, 0.15) is 47.0 Å². The van der Waals surface area contributed by atoms with Gasteiger partial charge in [-0.1, -0.05) is 27.7 Å². The maximum Gasteiger partial charge on any atom is 0.320 e. The Morgan fingerprint density at radius 3 is 1.78 bits per heavy atom. The van der Waals surface area contributed by atoms with E-state index in [2.05, 4.69) is 47.7 Å². The van der Waals surface area contributed by atoms with Crippen LogP contribution in [0.4, 0.5) is 4.79 Å². The molecular formula is C24H51N11OS. The van der Waals surface area contributed by atoms with Gasteiger partial charge in [0.25, 0.3) is 0 Å². The molecule has 4 atom stereocenters. The minimum atomic E-state index is -0.0877. The van der Waals surface area contributed by atoms with Gasteiger partial charge in [-0.3, -0.25) is 16.2 Å². The van der Waals surface area contributed by atoms with Crippen molar-refractivity contribution in [1.82, 2.24) is 31.1 Å². The Labute approximate surface area is 228 Å². The summed E-state index contributed by atoms with van der Waals surface area (Å²) in [7, 11) is 0. The van der Waals surface area contributed by atoms with E-state index >= 15 is 0 Å². The van der Waals surface area contributed by atoms with Gasteiger partial charge in [-0.25, -0.2) is 4.79 Å². The number of carbonyl (C=O) groups excluding carboxylic acids is 1. The molecule has 0 saturated heterocycles. The Bertz CT molecular complexity index is 733. The number of rotatable bonds is 17. The molecular weight excluding hydrogens is 490 g/mol. The number of nitrogens with two attached hydrogens (primary N) is 2. The number of urea groups is 1. The van der Waals surface area contributed by atoms with Crippen LogP contribution in [-0.2, 0) is 0 Å². The molecule has 0 spiro atoms. The van der Waals surface area contributed by atoms with E-state index in [1.807, 2.05) is 18.7 Å². The summed E-state index contributed by atoms with van der Waals surface area (Å²) in [5.41, 5.74) is 10.8. The molecule has 0 aromatic heterocycles. The maximum absolute atomic E-state index is 13.6. The molecule has 1 saturated carbocycles. The Hall–Kier alpha value is -2.57. The number of nitrogens with zero attached hydrogens (tertiary/aromatic N) is 2. The molecule has 11 N–H and O–H groups in total. The molecule has 1 aliphatic carbocycles. The van der Waals surface area contributed by atoms with Crippen LogP contribution in [0.15, 0.2) is 0 Å². The lowest BCUT2D eigenvalue weighted by Crippen LogP contribution is -2.49. The SMILES string of the molecule is CC(CNC(=N)NCC1CC1)CC(C)CN(CC(C)CNC(=N)N)C(=O)N(CS)CC(C)CNC(=N)N.